The van der Waals surface area contributed by atoms with Crippen LogP contribution in [0.1, 0.15) is 38.5 Å². The number of urea groups is 1. The Labute approximate surface area is 90.8 Å². The van der Waals surface area contributed by atoms with Gasteiger partial charge in [-0.3, -0.25) is 0 Å². The molecule has 1 aliphatic carbocycles. The van der Waals surface area contributed by atoms with Crippen molar-refractivity contribution in [2.75, 3.05) is 13.2 Å². The molecule has 4 nitrogen and oxygen atoms in total. The minimum atomic E-state index is -0.0302. The molecule has 2 amide bonds. The molecule has 0 radical (unpaired) electrons. The Morgan fingerprint density at radius 1 is 1.20 bits per heavy atom. The summed E-state index contributed by atoms with van der Waals surface area (Å²) >= 11 is 0. The van der Waals surface area contributed by atoms with Crippen molar-refractivity contribution in [3.63, 3.8) is 0 Å². The molecule has 2 aliphatic rings. The van der Waals surface area contributed by atoms with Gasteiger partial charge in [0, 0.05) is 19.2 Å². The topological polar surface area (TPSA) is 50.4 Å². The third kappa shape index (κ3) is 3.38. The molecule has 0 spiro atoms. The third-order valence-electron chi connectivity index (χ3n) is 3.20. The van der Waals surface area contributed by atoms with Gasteiger partial charge < -0.3 is 15.4 Å². The normalized spacial score (nSPS) is 26.8. The number of amides is 2. The van der Waals surface area contributed by atoms with Gasteiger partial charge in [-0.1, -0.05) is 12.8 Å². The number of hydrogen-bond acceptors (Lipinski definition) is 2. The first-order chi connectivity index (χ1) is 7.34. The fourth-order valence-electron chi connectivity index (χ4n) is 2.32. The molecule has 2 fully saturated rings. The van der Waals surface area contributed by atoms with Crippen LogP contribution >= 0.6 is 0 Å². The zero-order valence-corrected chi connectivity index (χ0v) is 9.13. The van der Waals surface area contributed by atoms with E-state index in [1.807, 2.05) is 0 Å². The lowest BCUT2D eigenvalue weighted by Gasteiger charge is -2.15. The molecule has 86 valence electrons. The molecule has 1 heterocycles. The SMILES string of the molecule is O=C(NC[C@H]1CCCO1)NC1CCCC1. The summed E-state index contributed by atoms with van der Waals surface area (Å²) in [4.78, 5) is 11.5. The molecule has 2 rings (SSSR count). The van der Waals surface area contributed by atoms with Gasteiger partial charge in [0.05, 0.1) is 6.10 Å². The summed E-state index contributed by atoms with van der Waals surface area (Å²) in [7, 11) is 0. The lowest BCUT2D eigenvalue weighted by Crippen LogP contribution is -2.43. The highest BCUT2D eigenvalue weighted by Crippen LogP contribution is 2.17. The van der Waals surface area contributed by atoms with Crippen molar-refractivity contribution in [1.29, 1.82) is 0 Å². The van der Waals surface area contributed by atoms with Crippen LogP contribution in [0.3, 0.4) is 0 Å². The summed E-state index contributed by atoms with van der Waals surface area (Å²) in [6.45, 7) is 1.50. The van der Waals surface area contributed by atoms with Crippen LogP contribution in [-0.2, 0) is 4.74 Å². The third-order valence-corrected chi connectivity index (χ3v) is 3.20. The Balaban J connectivity index is 1.59. The molecule has 1 atom stereocenters. The summed E-state index contributed by atoms with van der Waals surface area (Å²) in [5.41, 5.74) is 0. The van der Waals surface area contributed by atoms with Crippen LogP contribution in [0.25, 0.3) is 0 Å². The van der Waals surface area contributed by atoms with E-state index >= 15 is 0 Å². The molecule has 0 aromatic heterocycles. The average molecular weight is 212 g/mol. The van der Waals surface area contributed by atoms with Gasteiger partial charge >= 0.3 is 6.03 Å². The standard InChI is InChI=1S/C11H20N2O2/c14-11(13-9-4-1-2-5-9)12-8-10-6-3-7-15-10/h9-10H,1-8H2,(H2,12,13,14)/t10-/m1/s1. The molecule has 0 aromatic rings. The van der Waals surface area contributed by atoms with Gasteiger partial charge in [-0.2, -0.15) is 0 Å². The Morgan fingerprint density at radius 2 is 2.00 bits per heavy atom. The quantitative estimate of drug-likeness (QED) is 0.743. The summed E-state index contributed by atoms with van der Waals surface area (Å²) in [6.07, 6.45) is 7.19. The maximum atomic E-state index is 11.5. The summed E-state index contributed by atoms with van der Waals surface area (Å²) in [5, 5.41) is 5.87. The minimum Gasteiger partial charge on any atom is -0.376 e. The summed E-state index contributed by atoms with van der Waals surface area (Å²) in [6, 6.07) is 0.367. The lowest BCUT2D eigenvalue weighted by molar-refractivity contribution is 0.111. The number of ether oxygens (including phenoxy) is 1. The van der Waals surface area contributed by atoms with Crippen LogP contribution < -0.4 is 10.6 Å². The van der Waals surface area contributed by atoms with Crippen molar-refractivity contribution in [2.24, 2.45) is 0 Å². The van der Waals surface area contributed by atoms with E-state index in [1.165, 1.54) is 12.8 Å². The van der Waals surface area contributed by atoms with E-state index in [4.69, 9.17) is 4.74 Å². The molecular weight excluding hydrogens is 192 g/mol. The minimum absolute atomic E-state index is 0.0302. The highest BCUT2D eigenvalue weighted by molar-refractivity contribution is 5.74. The largest absolute Gasteiger partial charge is 0.376 e. The van der Waals surface area contributed by atoms with E-state index in [-0.39, 0.29) is 12.1 Å². The number of carbonyl (C=O) groups is 1. The Morgan fingerprint density at radius 3 is 2.67 bits per heavy atom. The van der Waals surface area contributed by atoms with Crippen molar-refractivity contribution < 1.29 is 9.53 Å². The van der Waals surface area contributed by atoms with Crippen LogP contribution in [0, 0.1) is 0 Å². The van der Waals surface area contributed by atoms with E-state index in [0.717, 1.165) is 32.3 Å². The second kappa shape index (κ2) is 5.35. The van der Waals surface area contributed by atoms with Crippen LogP contribution in [0.2, 0.25) is 0 Å². The first kappa shape index (κ1) is 10.7. The van der Waals surface area contributed by atoms with Gasteiger partial charge in [0.25, 0.3) is 0 Å². The number of rotatable bonds is 3. The summed E-state index contributed by atoms with van der Waals surface area (Å²) < 4.78 is 5.43. The van der Waals surface area contributed by atoms with Gasteiger partial charge in [-0.05, 0) is 25.7 Å². The lowest BCUT2D eigenvalue weighted by atomic mass is 10.2. The second-order valence-electron chi connectivity index (χ2n) is 4.47. The van der Waals surface area contributed by atoms with E-state index in [1.54, 1.807) is 0 Å². The van der Waals surface area contributed by atoms with E-state index in [2.05, 4.69) is 10.6 Å². The van der Waals surface area contributed by atoms with Crippen LogP contribution in [0.4, 0.5) is 4.79 Å². The predicted octanol–water partition coefficient (Wildman–Crippen LogP) is 1.41. The molecule has 0 unspecified atom stereocenters. The molecule has 1 aliphatic heterocycles. The van der Waals surface area contributed by atoms with Gasteiger partial charge in [0.15, 0.2) is 0 Å². The molecule has 4 heteroatoms. The first-order valence-corrected chi connectivity index (χ1v) is 6.00. The second-order valence-corrected chi connectivity index (χ2v) is 4.47. The van der Waals surface area contributed by atoms with Gasteiger partial charge in [0.1, 0.15) is 0 Å². The van der Waals surface area contributed by atoms with Gasteiger partial charge in [0.2, 0.25) is 0 Å². The Bertz CT molecular complexity index is 209. The average Bonchev–Trinajstić information content (AvgIpc) is 2.86. The number of hydrogen-bond donors (Lipinski definition) is 2. The number of carbonyl (C=O) groups excluding carboxylic acids is 1. The van der Waals surface area contributed by atoms with Crippen molar-refractivity contribution >= 4 is 6.03 Å². The molecule has 0 aromatic carbocycles. The molecule has 15 heavy (non-hydrogen) atoms. The van der Waals surface area contributed by atoms with Crippen LogP contribution in [-0.4, -0.2) is 31.3 Å². The van der Waals surface area contributed by atoms with Crippen molar-refractivity contribution in [3.8, 4) is 0 Å². The zero-order valence-electron chi connectivity index (χ0n) is 9.13. The van der Waals surface area contributed by atoms with Crippen molar-refractivity contribution in [2.45, 2.75) is 50.7 Å². The van der Waals surface area contributed by atoms with E-state index < -0.39 is 0 Å². The fourth-order valence-corrected chi connectivity index (χ4v) is 2.32. The monoisotopic (exact) mass is 212 g/mol. The predicted molar refractivity (Wildman–Crippen MR) is 57.8 cm³/mol. The van der Waals surface area contributed by atoms with E-state index in [0.29, 0.717) is 12.6 Å². The molecular formula is C11H20N2O2. The van der Waals surface area contributed by atoms with Crippen LogP contribution in [0.5, 0.6) is 0 Å². The Kier molecular flexibility index (Phi) is 3.83. The highest BCUT2D eigenvalue weighted by atomic mass is 16.5. The number of nitrogens with one attached hydrogen (secondary N) is 2. The molecule has 0 bridgehead atoms. The van der Waals surface area contributed by atoms with E-state index in [9.17, 15) is 4.79 Å². The smallest absolute Gasteiger partial charge is 0.315 e. The maximum absolute atomic E-state index is 11.5. The molecule has 1 saturated heterocycles. The molecule has 2 N–H and O–H groups in total. The fraction of sp³-hybridized carbons (Fsp3) is 0.909. The zero-order chi connectivity index (χ0) is 10.5. The summed E-state index contributed by atoms with van der Waals surface area (Å²) in [5.74, 6) is 0. The van der Waals surface area contributed by atoms with Gasteiger partial charge in [-0.25, -0.2) is 4.79 Å². The maximum Gasteiger partial charge on any atom is 0.315 e. The van der Waals surface area contributed by atoms with Crippen molar-refractivity contribution in [1.82, 2.24) is 10.6 Å². The van der Waals surface area contributed by atoms with Gasteiger partial charge in [-0.15, -0.1) is 0 Å². The van der Waals surface area contributed by atoms with Crippen molar-refractivity contribution in [3.05, 3.63) is 0 Å². The van der Waals surface area contributed by atoms with Crippen LogP contribution in [0.15, 0.2) is 0 Å². The molecule has 1 saturated carbocycles. The Hall–Kier alpha value is -0.770. The first-order valence-electron chi connectivity index (χ1n) is 6.00. The highest BCUT2D eigenvalue weighted by Gasteiger charge is 2.19.